The molecule has 0 saturated carbocycles. The second kappa shape index (κ2) is 12.1. The molecule has 2 saturated heterocycles. The normalized spacial score (nSPS) is 21.6. The van der Waals surface area contributed by atoms with Gasteiger partial charge in [-0.2, -0.15) is 0 Å². The minimum absolute atomic E-state index is 0. The molecular formula is C30H42Cl2N2O. The highest BCUT2D eigenvalue weighted by molar-refractivity contribution is 6.30. The van der Waals surface area contributed by atoms with Crippen LogP contribution in [0.1, 0.15) is 77.3 Å². The fourth-order valence-corrected chi connectivity index (χ4v) is 6.19. The second-order valence-electron chi connectivity index (χ2n) is 11.2. The Labute approximate surface area is 222 Å². The summed E-state index contributed by atoms with van der Waals surface area (Å²) >= 11 is 12.4. The SMILES string of the molecule is C.CC(C)(C)[C@H]1CC(C(c2ccc(Cl)cc2)c2ccc(Cl)cc2)CCN1C(=O)CC1CCNCC1. The van der Waals surface area contributed by atoms with Crippen LogP contribution >= 0.6 is 23.2 Å². The maximum Gasteiger partial charge on any atom is 0.223 e. The van der Waals surface area contributed by atoms with E-state index in [0.717, 1.165) is 55.4 Å². The lowest BCUT2D eigenvalue weighted by Gasteiger charge is -2.48. The number of hydrogen-bond acceptors (Lipinski definition) is 2. The molecule has 192 valence electrons. The first kappa shape index (κ1) is 28.0. The van der Waals surface area contributed by atoms with Gasteiger partial charge in [-0.25, -0.2) is 0 Å². The summed E-state index contributed by atoms with van der Waals surface area (Å²) in [7, 11) is 0. The van der Waals surface area contributed by atoms with Crippen molar-refractivity contribution in [2.75, 3.05) is 19.6 Å². The Morgan fingerprint density at radius 1 is 0.943 bits per heavy atom. The summed E-state index contributed by atoms with van der Waals surface area (Å²) < 4.78 is 0. The van der Waals surface area contributed by atoms with Crippen LogP contribution in [0.2, 0.25) is 10.0 Å². The zero-order chi connectivity index (χ0) is 24.3. The molecule has 1 amide bonds. The summed E-state index contributed by atoms with van der Waals surface area (Å²) in [6, 6.07) is 16.8. The summed E-state index contributed by atoms with van der Waals surface area (Å²) in [5.41, 5.74) is 2.57. The van der Waals surface area contributed by atoms with Crippen LogP contribution in [0.15, 0.2) is 48.5 Å². The van der Waals surface area contributed by atoms with Crippen molar-refractivity contribution in [1.82, 2.24) is 10.2 Å². The van der Waals surface area contributed by atoms with Gasteiger partial charge in [0.2, 0.25) is 5.91 Å². The molecule has 2 aliphatic rings. The number of piperidine rings is 2. The Kier molecular flexibility index (Phi) is 9.71. The molecule has 0 aliphatic carbocycles. The van der Waals surface area contributed by atoms with Crippen LogP contribution in [-0.4, -0.2) is 36.5 Å². The van der Waals surface area contributed by atoms with Crippen molar-refractivity contribution < 1.29 is 4.79 Å². The fraction of sp³-hybridized carbons (Fsp3) is 0.567. The molecule has 2 heterocycles. The van der Waals surface area contributed by atoms with Crippen molar-refractivity contribution in [1.29, 1.82) is 0 Å². The second-order valence-corrected chi connectivity index (χ2v) is 12.1. The molecule has 0 aromatic heterocycles. The number of carbonyl (C=O) groups is 1. The molecule has 1 N–H and O–H groups in total. The third kappa shape index (κ3) is 7.02. The fourth-order valence-electron chi connectivity index (χ4n) is 5.94. The zero-order valence-electron chi connectivity index (χ0n) is 20.7. The number of amides is 1. The number of rotatable bonds is 5. The lowest BCUT2D eigenvalue weighted by Crippen LogP contribution is -2.53. The summed E-state index contributed by atoms with van der Waals surface area (Å²) in [6.45, 7) is 9.74. The topological polar surface area (TPSA) is 32.3 Å². The van der Waals surface area contributed by atoms with Gasteiger partial charge in [-0.05, 0) is 91.4 Å². The molecule has 3 nitrogen and oxygen atoms in total. The Balaban J connectivity index is 0.00000342. The van der Waals surface area contributed by atoms with Gasteiger partial charge in [0, 0.05) is 35.0 Å². The van der Waals surface area contributed by atoms with E-state index in [1.54, 1.807) is 0 Å². The molecule has 2 aromatic carbocycles. The van der Waals surface area contributed by atoms with E-state index in [9.17, 15) is 4.79 Å². The molecule has 2 aliphatic heterocycles. The van der Waals surface area contributed by atoms with Gasteiger partial charge in [-0.1, -0.05) is 75.7 Å². The van der Waals surface area contributed by atoms with E-state index in [2.05, 4.69) is 55.3 Å². The van der Waals surface area contributed by atoms with Crippen molar-refractivity contribution in [2.24, 2.45) is 17.3 Å². The maximum atomic E-state index is 13.5. The van der Waals surface area contributed by atoms with Gasteiger partial charge in [0.25, 0.3) is 0 Å². The van der Waals surface area contributed by atoms with Crippen LogP contribution in [0.25, 0.3) is 0 Å². The number of nitrogens with zero attached hydrogens (tertiary/aromatic N) is 1. The molecule has 0 bridgehead atoms. The largest absolute Gasteiger partial charge is 0.339 e. The first-order chi connectivity index (χ1) is 16.2. The Morgan fingerprint density at radius 2 is 1.46 bits per heavy atom. The summed E-state index contributed by atoms with van der Waals surface area (Å²) in [6.07, 6.45) is 4.91. The van der Waals surface area contributed by atoms with Gasteiger partial charge < -0.3 is 10.2 Å². The minimum atomic E-state index is 0. The highest BCUT2D eigenvalue weighted by Gasteiger charge is 2.41. The molecule has 2 atom stereocenters. The summed E-state index contributed by atoms with van der Waals surface area (Å²) in [5, 5.41) is 4.92. The summed E-state index contributed by atoms with van der Waals surface area (Å²) in [4.78, 5) is 15.7. The highest BCUT2D eigenvalue weighted by atomic mass is 35.5. The number of benzene rings is 2. The van der Waals surface area contributed by atoms with Gasteiger partial charge in [0.15, 0.2) is 0 Å². The number of likely N-dealkylation sites (tertiary alicyclic amines) is 1. The van der Waals surface area contributed by atoms with Crippen LogP contribution in [-0.2, 0) is 4.79 Å². The van der Waals surface area contributed by atoms with Gasteiger partial charge >= 0.3 is 0 Å². The Morgan fingerprint density at radius 3 is 1.94 bits per heavy atom. The third-order valence-electron chi connectivity index (χ3n) is 7.81. The van der Waals surface area contributed by atoms with E-state index in [1.165, 1.54) is 11.1 Å². The molecule has 2 aromatic rings. The highest BCUT2D eigenvalue weighted by Crippen LogP contribution is 2.44. The standard InChI is InChI=1S/C29H38Cl2N2O.CH4/c1-29(2,3)26-19-23(14-17-33(26)27(34)18-20-12-15-32-16-13-20)28(21-4-8-24(30)9-5-21)22-6-10-25(31)11-7-22;/h4-11,20,23,26,28,32H,12-19H2,1-3H3;1H4/t23?,26-;/m1./s1. The number of halogens is 2. The van der Waals surface area contributed by atoms with E-state index in [-0.39, 0.29) is 24.8 Å². The predicted molar refractivity (Wildman–Crippen MR) is 149 cm³/mol. The van der Waals surface area contributed by atoms with E-state index in [1.807, 2.05) is 24.3 Å². The van der Waals surface area contributed by atoms with E-state index >= 15 is 0 Å². The van der Waals surface area contributed by atoms with Crippen LogP contribution < -0.4 is 5.32 Å². The molecule has 1 unspecified atom stereocenters. The van der Waals surface area contributed by atoms with Crippen LogP contribution in [0.3, 0.4) is 0 Å². The first-order valence-electron chi connectivity index (χ1n) is 12.7. The third-order valence-corrected chi connectivity index (χ3v) is 8.32. The van der Waals surface area contributed by atoms with Gasteiger partial charge in [0.1, 0.15) is 0 Å². The van der Waals surface area contributed by atoms with Gasteiger partial charge in [0.05, 0.1) is 0 Å². The van der Waals surface area contributed by atoms with E-state index in [4.69, 9.17) is 23.2 Å². The minimum Gasteiger partial charge on any atom is -0.339 e. The summed E-state index contributed by atoms with van der Waals surface area (Å²) in [5.74, 6) is 1.55. The lowest BCUT2D eigenvalue weighted by molar-refractivity contribution is -0.140. The monoisotopic (exact) mass is 516 g/mol. The van der Waals surface area contributed by atoms with Crippen molar-refractivity contribution >= 4 is 29.1 Å². The molecule has 0 radical (unpaired) electrons. The van der Waals surface area contributed by atoms with E-state index in [0.29, 0.717) is 24.2 Å². The van der Waals surface area contributed by atoms with Gasteiger partial charge in [-0.3, -0.25) is 4.79 Å². The van der Waals surface area contributed by atoms with Crippen molar-refractivity contribution in [3.63, 3.8) is 0 Å². The molecule has 35 heavy (non-hydrogen) atoms. The molecule has 4 rings (SSSR count). The van der Waals surface area contributed by atoms with Crippen molar-refractivity contribution in [2.45, 2.75) is 72.3 Å². The average molecular weight is 518 g/mol. The zero-order valence-corrected chi connectivity index (χ0v) is 22.2. The Bertz CT molecular complexity index is 900. The lowest BCUT2D eigenvalue weighted by atomic mass is 9.69. The number of hydrogen-bond donors (Lipinski definition) is 1. The Hall–Kier alpha value is -1.55. The number of nitrogens with one attached hydrogen (secondary N) is 1. The van der Waals surface area contributed by atoms with Crippen molar-refractivity contribution in [3.8, 4) is 0 Å². The molecular weight excluding hydrogens is 475 g/mol. The van der Waals surface area contributed by atoms with Crippen LogP contribution in [0, 0.1) is 17.3 Å². The smallest absolute Gasteiger partial charge is 0.223 e. The first-order valence-corrected chi connectivity index (χ1v) is 13.5. The molecule has 0 spiro atoms. The quantitative estimate of drug-likeness (QED) is 0.439. The van der Waals surface area contributed by atoms with Crippen LogP contribution in [0.5, 0.6) is 0 Å². The maximum absolute atomic E-state index is 13.5. The molecule has 2 fully saturated rings. The average Bonchev–Trinajstić information content (AvgIpc) is 2.82. The van der Waals surface area contributed by atoms with Crippen LogP contribution in [0.4, 0.5) is 0 Å². The van der Waals surface area contributed by atoms with Crippen molar-refractivity contribution in [3.05, 3.63) is 69.7 Å². The van der Waals surface area contributed by atoms with E-state index < -0.39 is 0 Å². The number of carbonyl (C=O) groups excluding carboxylic acids is 1. The molecule has 5 heteroatoms. The predicted octanol–water partition coefficient (Wildman–Crippen LogP) is 7.80. The van der Waals surface area contributed by atoms with Gasteiger partial charge in [-0.15, -0.1) is 0 Å².